The Labute approximate surface area is 231 Å². The minimum Gasteiger partial charge on any atom is -0.497 e. The number of esters is 1. The van der Waals surface area contributed by atoms with Crippen molar-refractivity contribution >= 4 is 34.5 Å². The van der Waals surface area contributed by atoms with Crippen molar-refractivity contribution in [1.82, 2.24) is 15.2 Å². The molecule has 198 valence electrons. The Bertz CT molecular complexity index is 1440. The number of methoxy groups -OCH3 is 1. The van der Waals surface area contributed by atoms with E-state index in [0.29, 0.717) is 28.7 Å². The third-order valence-corrected chi connectivity index (χ3v) is 7.23. The van der Waals surface area contributed by atoms with Gasteiger partial charge in [0.2, 0.25) is 5.91 Å². The molecular weight excluding hydrogens is 512 g/mol. The predicted octanol–water partition coefficient (Wildman–Crippen LogP) is 5.07. The highest BCUT2D eigenvalue weighted by atomic mass is 32.2. The van der Waals surface area contributed by atoms with Crippen LogP contribution in [0.25, 0.3) is 5.70 Å². The van der Waals surface area contributed by atoms with Crippen molar-refractivity contribution in [1.29, 1.82) is 0 Å². The first-order valence-corrected chi connectivity index (χ1v) is 13.5. The monoisotopic (exact) mass is 540 g/mol. The van der Waals surface area contributed by atoms with Gasteiger partial charge in [-0.05, 0) is 41.7 Å². The molecule has 0 fully saturated rings. The minimum atomic E-state index is -0.551. The zero-order valence-corrected chi connectivity index (χ0v) is 22.5. The van der Waals surface area contributed by atoms with E-state index in [1.807, 2.05) is 77.0 Å². The van der Waals surface area contributed by atoms with E-state index in [1.165, 1.54) is 11.8 Å². The van der Waals surface area contributed by atoms with Crippen LogP contribution >= 0.6 is 11.8 Å². The number of aromatic nitrogens is 1. The molecule has 9 heteroatoms. The second-order valence-electron chi connectivity index (χ2n) is 8.83. The van der Waals surface area contributed by atoms with E-state index in [1.54, 1.807) is 26.4 Å². The van der Waals surface area contributed by atoms with Crippen LogP contribution in [0, 0.1) is 0 Å². The number of benzene rings is 2. The maximum absolute atomic E-state index is 13.6. The Morgan fingerprint density at radius 1 is 1.05 bits per heavy atom. The highest BCUT2D eigenvalue weighted by molar-refractivity contribution is 8.16. The number of pyridine rings is 1. The molecule has 1 aromatic heterocycles. The molecule has 2 aromatic carbocycles. The van der Waals surface area contributed by atoms with Gasteiger partial charge in [0.25, 0.3) is 0 Å². The standard InChI is InChI=1S/C30H28N4O4S/c1-3-38-29(36)26-27(21-9-5-4-6-10-21)33-30-34(28(26)22-11-13-24(37-2)14-12-22)23(19-39-30)16-25(35)32-18-20-8-7-15-31-17-20/h4-15,17,19,28H,3,16,18H2,1-2H3,(H,32,35)/t28-/m0/s1. The van der Waals surface area contributed by atoms with Gasteiger partial charge in [-0.3, -0.25) is 9.78 Å². The van der Waals surface area contributed by atoms with Gasteiger partial charge in [0.1, 0.15) is 5.75 Å². The molecule has 0 bridgehead atoms. The van der Waals surface area contributed by atoms with E-state index < -0.39 is 12.0 Å². The summed E-state index contributed by atoms with van der Waals surface area (Å²) in [6.07, 6.45) is 3.54. The van der Waals surface area contributed by atoms with Gasteiger partial charge in [-0.15, -0.1) is 0 Å². The van der Waals surface area contributed by atoms with Crippen LogP contribution in [0.2, 0.25) is 0 Å². The lowest BCUT2D eigenvalue weighted by molar-refractivity contribution is -0.139. The van der Waals surface area contributed by atoms with Gasteiger partial charge in [0.15, 0.2) is 5.17 Å². The molecule has 3 heterocycles. The number of amides is 1. The van der Waals surface area contributed by atoms with Crippen LogP contribution in [0.3, 0.4) is 0 Å². The molecule has 0 spiro atoms. The van der Waals surface area contributed by atoms with Gasteiger partial charge in [-0.1, -0.05) is 60.3 Å². The number of ether oxygens (including phenoxy) is 2. The number of nitrogens with zero attached hydrogens (tertiary/aromatic N) is 3. The Balaban J connectivity index is 1.53. The maximum Gasteiger partial charge on any atom is 0.338 e. The molecular formula is C30H28N4O4S. The second kappa shape index (κ2) is 12.0. The SMILES string of the molecule is CCOC(=O)C1=C(c2ccccc2)N=C2SC=C(CC(=O)NCc3cccnc3)N2[C@H]1c1ccc(OC)cc1. The molecule has 0 saturated carbocycles. The lowest BCUT2D eigenvalue weighted by Crippen LogP contribution is -2.38. The van der Waals surface area contributed by atoms with E-state index in [4.69, 9.17) is 14.5 Å². The summed E-state index contributed by atoms with van der Waals surface area (Å²) in [7, 11) is 1.61. The van der Waals surface area contributed by atoms with Crippen molar-refractivity contribution in [2.75, 3.05) is 13.7 Å². The fourth-order valence-electron chi connectivity index (χ4n) is 4.52. The first kappa shape index (κ1) is 26.2. The van der Waals surface area contributed by atoms with E-state index >= 15 is 0 Å². The van der Waals surface area contributed by atoms with Gasteiger partial charge in [0.05, 0.1) is 37.4 Å². The lowest BCUT2D eigenvalue weighted by Gasteiger charge is -2.36. The van der Waals surface area contributed by atoms with Gasteiger partial charge in [-0.25, -0.2) is 9.79 Å². The van der Waals surface area contributed by atoms with E-state index in [-0.39, 0.29) is 18.9 Å². The first-order chi connectivity index (χ1) is 19.1. The number of nitrogens with one attached hydrogen (secondary N) is 1. The maximum atomic E-state index is 13.6. The van der Waals surface area contributed by atoms with Crippen LogP contribution < -0.4 is 10.1 Å². The van der Waals surface area contributed by atoms with Crippen LogP contribution in [0.1, 0.15) is 36.1 Å². The van der Waals surface area contributed by atoms with Crippen molar-refractivity contribution < 1.29 is 19.1 Å². The van der Waals surface area contributed by atoms with E-state index in [9.17, 15) is 9.59 Å². The van der Waals surface area contributed by atoms with Gasteiger partial charge in [-0.2, -0.15) is 0 Å². The molecule has 0 aliphatic carbocycles. The predicted molar refractivity (Wildman–Crippen MR) is 151 cm³/mol. The summed E-state index contributed by atoms with van der Waals surface area (Å²) < 4.78 is 10.9. The number of fused-ring (bicyclic) bond motifs is 1. The van der Waals surface area contributed by atoms with Gasteiger partial charge >= 0.3 is 5.97 Å². The first-order valence-electron chi connectivity index (χ1n) is 12.6. The Hall–Kier alpha value is -4.37. The molecule has 3 aromatic rings. The molecule has 0 saturated heterocycles. The summed E-state index contributed by atoms with van der Waals surface area (Å²) in [6, 6.07) is 20.4. The minimum absolute atomic E-state index is 0.121. The number of amidine groups is 1. The van der Waals surface area contributed by atoms with Crippen molar-refractivity contribution in [3.05, 3.63) is 112 Å². The fourth-order valence-corrected chi connectivity index (χ4v) is 5.44. The summed E-state index contributed by atoms with van der Waals surface area (Å²) in [5, 5.41) is 5.58. The zero-order valence-electron chi connectivity index (χ0n) is 21.7. The van der Waals surface area contributed by atoms with Crippen molar-refractivity contribution in [2.24, 2.45) is 4.99 Å². The summed E-state index contributed by atoms with van der Waals surface area (Å²) in [5.41, 5.74) is 4.30. The normalized spacial score (nSPS) is 16.3. The number of carbonyl (C=O) groups excluding carboxylic acids is 2. The second-order valence-corrected chi connectivity index (χ2v) is 9.67. The molecule has 0 unspecified atom stereocenters. The van der Waals surface area contributed by atoms with Crippen LogP contribution in [-0.2, 0) is 20.9 Å². The molecule has 0 radical (unpaired) electrons. The third kappa shape index (κ3) is 5.73. The van der Waals surface area contributed by atoms with E-state index in [0.717, 1.165) is 22.4 Å². The molecule has 2 aliphatic heterocycles. The number of hydrogen-bond acceptors (Lipinski definition) is 8. The molecule has 2 aliphatic rings. The molecule has 8 nitrogen and oxygen atoms in total. The average molecular weight is 541 g/mol. The number of carbonyl (C=O) groups is 2. The van der Waals surface area contributed by atoms with Crippen molar-refractivity contribution in [3.63, 3.8) is 0 Å². The number of hydrogen-bond donors (Lipinski definition) is 1. The Morgan fingerprint density at radius 2 is 1.85 bits per heavy atom. The molecule has 5 rings (SSSR count). The lowest BCUT2D eigenvalue weighted by atomic mass is 9.91. The Kier molecular flexibility index (Phi) is 8.07. The van der Waals surface area contributed by atoms with Crippen molar-refractivity contribution in [3.8, 4) is 5.75 Å². The highest BCUT2D eigenvalue weighted by Crippen LogP contribution is 2.47. The average Bonchev–Trinajstić information content (AvgIpc) is 3.38. The molecule has 1 amide bonds. The summed E-state index contributed by atoms with van der Waals surface area (Å²) in [4.78, 5) is 37.6. The summed E-state index contributed by atoms with van der Waals surface area (Å²) in [5.74, 6) is 0.114. The third-order valence-electron chi connectivity index (χ3n) is 6.34. The highest BCUT2D eigenvalue weighted by Gasteiger charge is 2.42. The smallest absolute Gasteiger partial charge is 0.338 e. The van der Waals surface area contributed by atoms with Crippen LogP contribution in [0.4, 0.5) is 0 Å². The Morgan fingerprint density at radius 3 is 2.54 bits per heavy atom. The van der Waals surface area contributed by atoms with Crippen LogP contribution in [0.15, 0.2) is 101 Å². The van der Waals surface area contributed by atoms with Gasteiger partial charge in [0, 0.05) is 30.2 Å². The van der Waals surface area contributed by atoms with Gasteiger partial charge < -0.3 is 19.7 Å². The number of aliphatic imine (C=N–C) groups is 1. The summed E-state index contributed by atoms with van der Waals surface area (Å²) >= 11 is 1.44. The van der Waals surface area contributed by atoms with Crippen LogP contribution in [0.5, 0.6) is 5.75 Å². The molecule has 1 N–H and O–H groups in total. The topological polar surface area (TPSA) is 93.1 Å². The zero-order chi connectivity index (χ0) is 27.2. The van der Waals surface area contributed by atoms with E-state index in [2.05, 4.69) is 10.3 Å². The quantitative estimate of drug-likeness (QED) is 0.379. The fraction of sp³-hybridized carbons (Fsp3) is 0.200. The largest absolute Gasteiger partial charge is 0.497 e. The van der Waals surface area contributed by atoms with Crippen LogP contribution in [-0.4, -0.2) is 40.6 Å². The summed E-state index contributed by atoms with van der Waals surface area (Å²) in [6.45, 7) is 2.39. The number of rotatable bonds is 9. The molecule has 39 heavy (non-hydrogen) atoms. The molecule has 1 atom stereocenters. The number of thioether (sulfide) groups is 1. The van der Waals surface area contributed by atoms with Crippen molar-refractivity contribution in [2.45, 2.75) is 25.9 Å².